The van der Waals surface area contributed by atoms with E-state index in [2.05, 4.69) is 15.0 Å². The van der Waals surface area contributed by atoms with Gasteiger partial charge >= 0.3 is 0 Å². The van der Waals surface area contributed by atoms with Crippen LogP contribution in [0.5, 0.6) is 5.75 Å². The summed E-state index contributed by atoms with van der Waals surface area (Å²) in [7, 11) is -2.09. The number of aromatic nitrogens is 1. The molecule has 2 aromatic heterocycles. The van der Waals surface area contributed by atoms with E-state index >= 15 is 0 Å². The second-order valence-corrected chi connectivity index (χ2v) is 11.5. The number of thiocarbonyl (C=S) groups is 1. The monoisotopic (exact) mass is 588 g/mol. The fourth-order valence-electron chi connectivity index (χ4n) is 4.36. The summed E-state index contributed by atoms with van der Waals surface area (Å²) in [5, 5.41) is 4.65. The number of halogens is 2. The number of anilines is 2. The first-order chi connectivity index (χ1) is 18.1. The van der Waals surface area contributed by atoms with Crippen LogP contribution in [0.25, 0.3) is 11.3 Å². The maximum absolute atomic E-state index is 12.0. The highest BCUT2D eigenvalue weighted by Gasteiger charge is 2.42. The Balaban J connectivity index is 1.61. The molecule has 1 aliphatic heterocycles. The van der Waals surface area contributed by atoms with Gasteiger partial charge in [0.2, 0.25) is 10.0 Å². The van der Waals surface area contributed by atoms with Crippen LogP contribution < -0.4 is 19.7 Å². The fraction of sp³-hybridized carbons (Fsp3) is 0.154. The number of sulfonamides is 1. The number of hydrogen-bond acceptors (Lipinski definition) is 6. The Hall–Kier alpha value is -3.31. The van der Waals surface area contributed by atoms with E-state index in [0.29, 0.717) is 38.1 Å². The van der Waals surface area contributed by atoms with Crippen LogP contribution in [0, 0.1) is 0 Å². The number of pyridine rings is 1. The van der Waals surface area contributed by atoms with E-state index in [1.54, 1.807) is 36.5 Å². The van der Waals surface area contributed by atoms with E-state index in [1.165, 1.54) is 7.11 Å². The number of hydrogen-bond donors (Lipinski definition) is 2. The molecule has 4 aromatic rings. The van der Waals surface area contributed by atoms with Crippen molar-refractivity contribution >= 4 is 61.9 Å². The Morgan fingerprint density at radius 3 is 2.58 bits per heavy atom. The van der Waals surface area contributed by atoms with E-state index < -0.39 is 16.1 Å². The highest BCUT2D eigenvalue weighted by Crippen LogP contribution is 2.44. The summed E-state index contributed by atoms with van der Waals surface area (Å²) in [4.78, 5) is 6.42. The zero-order valence-corrected chi connectivity index (χ0v) is 23.3. The average molecular weight is 590 g/mol. The van der Waals surface area contributed by atoms with Crippen molar-refractivity contribution in [3.8, 4) is 17.1 Å². The maximum atomic E-state index is 12.0. The van der Waals surface area contributed by atoms with Gasteiger partial charge in [0, 0.05) is 17.4 Å². The number of ether oxygens (including phenoxy) is 1. The summed E-state index contributed by atoms with van der Waals surface area (Å²) in [6, 6.07) is 19.0. The van der Waals surface area contributed by atoms with Crippen LogP contribution in [0.2, 0.25) is 10.0 Å². The van der Waals surface area contributed by atoms with E-state index in [4.69, 9.17) is 44.6 Å². The summed E-state index contributed by atoms with van der Waals surface area (Å²) in [6.45, 7) is 0. The van der Waals surface area contributed by atoms with Gasteiger partial charge in [-0.25, -0.2) is 8.42 Å². The minimum atomic E-state index is -3.56. The van der Waals surface area contributed by atoms with Gasteiger partial charge in [0.1, 0.15) is 23.3 Å². The summed E-state index contributed by atoms with van der Waals surface area (Å²) in [5.41, 5.74) is 2.44. The number of furan rings is 1. The molecule has 38 heavy (non-hydrogen) atoms. The highest BCUT2D eigenvalue weighted by molar-refractivity contribution is 7.92. The first-order valence-corrected chi connectivity index (χ1v) is 14.4. The molecule has 2 N–H and O–H groups in total. The Morgan fingerprint density at radius 2 is 1.89 bits per heavy atom. The topological polar surface area (TPSA) is 96.7 Å². The van der Waals surface area contributed by atoms with Gasteiger partial charge in [0.25, 0.3) is 0 Å². The lowest BCUT2D eigenvalue weighted by atomic mass is 10.0. The van der Waals surface area contributed by atoms with E-state index in [1.807, 2.05) is 41.3 Å². The van der Waals surface area contributed by atoms with Crippen molar-refractivity contribution in [2.24, 2.45) is 0 Å². The smallest absolute Gasteiger partial charge is 0.229 e. The summed E-state index contributed by atoms with van der Waals surface area (Å²) < 4.78 is 38.2. The van der Waals surface area contributed by atoms with Gasteiger partial charge < -0.3 is 19.4 Å². The van der Waals surface area contributed by atoms with Crippen molar-refractivity contribution < 1.29 is 17.6 Å². The molecular formula is C26H22Cl2N4O4S2. The van der Waals surface area contributed by atoms with Crippen molar-refractivity contribution in [2.45, 2.75) is 12.1 Å². The molecule has 0 saturated carbocycles. The minimum Gasteiger partial charge on any atom is -0.495 e. The van der Waals surface area contributed by atoms with Crippen molar-refractivity contribution in [2.75, 3.05) is 23.0 Å². The third-order valence-corrected chi connectivity index (χ3v) is 7.62. The zero-order valence-electron chi connectivity index (χ0n) is 20.2. The number of methoxy groups -OCH3 is 1. The maximum Gasteiger partial charge on any atom is 0.229 e. The second-order valence-electron chi connectivity index (χ2n) is 8.59. The van der Waals surface area contributed by atoms with Gasteiger partial charge in [-0.05, 0) is 72.9 Å². The van der Waals surface area contributed by atoms with Crippen LogP contribution in [0.4, 0.5) is 11.4 Å². The molecule has 3 heterocycles. The van der Waals surface area contributed by atoms with Crippen molar-refractivity contribution in [1.29, 1.82) is 0 Å². The number of nitrogens with zero attached hydrogens (tertiary/aromatic N) is 2. The van der Waals surface area contributed by atoms with Crippen LogP contribution in [0.1, 0.15) is 23.5 Å². The van der Waals surface area contributed by atoms with Crippen LogP contribution in [-0.2, 0) is 10.0 Å². The highest BCUT2D eigenvalue weighted by atomic mass is 35.5. The first kappa shape index (κ1) is 26.3. The van der Waals surface area contributed by atoms with Crippen LogP contribution in [-0.4, -0.2) is 31.9 Å². The fourth-order valence-corrected chi connectivity index (χ4v) is 5.57. The summed E-state index contributed by atoms with van der Waals surface area (Å²) >= 11 is 18.1. The van der Waals surface area contributed by atoms with Crippen molar-refractivity contribution in [3.05, 3.63) is 94.4 Å². The van der Waals surface area contributed by atoms with Crippen molar-refractivity contribution in [3.63, 3.8) is 0 Å². The third-order valence-electron chi connectivity index (χ3n) is 5.98. The summed E-state index contributed by atoms with van der Waals surface area (Å²) in [5.74, 6) is 1.59. The van der Waals surface area contributed by atoms with E-state index in [9.17, 15) is 8.42 Å². The van der Waals surface area contributed by atoms with Gasteiger partial charge in [-0.15, -0.1) is 0 Å². The molecule has 12 heteroatoms. The molecule has 0 aliphatic carbocycles. The Morgan fingerprint density at radius 1 is 1.08 bits per heavy atom. The molecular weight excluding hydrogens is 567 g/mol. The molecule has 2 aromatic carbocycles. The normalized spacial score (nSPS) is 17.4. The quantitative estimate of drug-likeness (QED) is 0.246. The van der Waals surface area contributed by atoms with Crippen LogP contribution in [0.3, 0.4) is 0 Å². The van der Waals surface area contributed by atoms with E-state index in [-0.39, 0.29) is 11.7 Å². The second kappa shape index (κ2) is 10.5. The standard InChI is InChI=1S/C26H22Cl2N4O4S2/c1-35-22-9-7-16(14-20(22)31-38(2,33)34)32-25(24(30-26(32)37)19-5-3-4-12-29-19)23-11-10-21(36-23)15-6-8-17(27)18(28)13-15/h3-14,24-25,31H,1-2H3,(H,30,37)/t24-,25-/m1/s1. The number of nitrogens with one attached hydrogen (secondary N) is 2. The molecule has 0 bridgehead atoms. The summed E-state index contributed by atoms with van der Waals surface area (Å²) in [6.07, 6.45) is 2.79. The molecule has 5 rings (SSSR count). The Labute approximate surface area is 235 Å². The first-order valence-electron chi connectivity index (χ1n) is 11.4. The number of benzene rings is 2. The molecule has 0 amide bonds. The van der Waals surface area contributed by atoms with Gasteiger partial charge in [0.15, 0.2) is 5.11 Å². The largest absolute Gasteiger partial charge is 0.495 e. The third kappa shape index (κ3) is 5.30. The molecule has 8 nitrogen and oxygen atoms in total. The van der Waals surface area contributed by atoms with Gasteiger partial charge in [-0.1, -0.05) is 29.3 Å². The van der Waals surface area contributed by atoms with Gasteiger partial charge in [-0.3, -0.25) is 9.71 Å². The average Bonchev–Trinajstić information content (AvgIpc) is 3.50. The van der Waals surface area contributed by atoms with Crippen LogP contribution in [0.15, 0.2) is 77.3 Å². The Kier molecular flexibility index (Phi) is 7.23. The molecule has 196 valence electrons. The minimum absolute atomic E-state index is 0.284. The van der Waals surface area contributed by atoms with Gasteiger partial charge in [0.05, 0.1) is 40.8 Å². The Bertz CT molecular complexity index is 1610. The molecule has 0 radical (unpaired) electrons. The number of rotatable bonds is 7. The SMILES string of the molecule is COc1ccc(N2C(=S)N[C@H](c3ccccn3)[C@H]2c2ccc(-c3ccc(Cl)c(Cl)c3)o2)cc1NS(C)(=O)=O. The zero-order chi connectivity index (χ0) is 27.0. The molecule has 2 atom stereocenters. The molecule has 1 aliphatic rings. The molecule has 1 fully saturated rings. The lowest BCUT2D eigenvalue weighted by Gasteiger charge is -2.27. The lowest BCUT2D eigenvalue weighted by Crippen LogP contribution is -2.29. The van der Waals surface area contributed by atoms with E-state index in [0.717, 1.165) is 17.5 Å². The molecule has 0 spiro atoms. The van der Waals surface area contributed by atoms with Crippen molar-refractivity contribution in [1.82, 2.24) is 10.3 Å². The predicted octanol–water partition coefficient (Wildman–Crippen LogP) is 6.21. The predicted molar refractivity (Wildman–Crippen MR) is 154 cm³/mol. The lowest BCUT2D eigenvalue weighted by molar-refractivity contribution is 0.416. The van der Waals surface area contributed by atoms with Gasteiger partial charge in [-0.2, -0.15) is 0 Å². The molecule has 0 unspecified atom stereocenters. The van der Waals surface area contributed by atoms with Crippen LogP contribution >= 0.6 is 35.4 Å². The molecule has 1 saturated heterocycles.